The third-order valence-corrected chi connectivity index (χ3v) is 2.78. The van der Waals surface area contributed by atoms with E-state index in [0.717, 1.165) is 5.56 Å². The fourth-order valence-corrected chi connectivity index (χ4v) is 1.98. The van der Waals surface area contributed by atoms with Gasteiger partial charge in [0.05, 0.1) is 10.9 Å². The molecule has 0 radical (unpaired) electrons. The number of carbonyl (C=O) groups excluding carboxylic acids is 2. The molecule has 1 aromatic heterocycles. The molecule has 1 heterocycles. The molecule has 0 atom stereocenters. The highest BCUT2D eigenvalue weighted by atomic mass is 16.5. The van der Waals surface area contributed by atoms with Crippen LogP contribution in [0.5, 0.6) is 5.75 Å². The zero-order valence-electron chi connectivity index (χ0n) is 11.5. The molecule has 0 N–H and O–H groups in total. The zero-order chi connectivity index (χ0) is 14.9. The van der Waals surface area contributed by atoms with E-state index in [1.165, 1.54) is 13.8 Å². The second-order valence-corrected chi connectivity index (χ2v) is 4.67. The molecule has 0 aliphatic rings. The molecule has 20 heavy (non-hydrogen) atoms. The Kier molecular flexibility index (Phi) is 3.70. The first kappa shape index (κ1) is 14.0. The molecule has 0 saturated heterocycles. The molecule has 5 nitrogen and oxygen atoms in total. The van der Waals surface area contributed by atoms with Crippen molar-refractivity contribution in [1.82, 2.24) is 0 Å². The summed E-state index contributed by atoms with van der Waals surface area (Å²) in [4.78, 5) is 34.5. The van der Waals surface area contributed by atoms with E-state index in [0.29, 0.717) is 11.0 Å². The SMILES string of the molecule is CC(=O)Cc1c(OC(C)=O)c2ccc(C)cc2oc1=O. The Labute approximate surface area is 115 Å². The third-order valence-electron chi connectivity index (χ3n) is 2.78. The van der Waals surface area contributed by atoms with Crippen molar-refractivity contribution in [3.8, 4) is 5.75 Å². The van der Waals surface area contributed by atoms with Gasteiger partial charge in [-0.15, -0.1) is 0 Å². The van der Waals surface area contributed by atoms with Crippen LogP contribution in [0, 0.1) is 6.92 Å². The van der Waals surface area contributed by atoms with Gasteiger partial charge in [-0.05, 0) is 31.5 Å². The van der Waals surface area contributed by atoms with Crippen LogP contribution >= 0.6 is 0 Å². The number of hydrogen-bond donors (Lipinski definition) is 0. The summed E-state index contributed by atoms with van der Waals surface area (Å²) in [5.41, 5.74) is 0.658. The van der Waals surface area contributed by atoms with Gasteiger partial charge < -0.3 is 9.15 Å². The van der Waals surface area contributed by atoms with Crippen LogP contribution in [0.2, 0.25) is 0 Å². The first-order valence-corrected chi connectivity index (χ1v) is 6.12. The second-order valence-electron chi connectivity index (χ2n) is 4.67. The van der Waals surface area contributed by atoms with Crippen LogP contribution < -0.4 is 10.4 Å². The Morgan fingerprint density at radius 3 is 2.55 bits per heavy atom. The van der Waals surface area contributed by atoms with Crippen molar-refractivity contribution in [3.63, 3.8) is 0 Å². The maximum atomic E-state index is 12.0. The summed E-state index contributed by atoms with van der Waals surface area (Å²) in [6.45, 7) is 4.46. The normalized spacial score (nSPS) is 10.6. The van der Waals surface area contributed by atoms with Crippen molar-refractivity contribution in [2.75, 3.05) is 0 Å². The van der Waals surface area contributed by atoms with E-state index in [4.69, 9.17) is 9.15 Å². The van der Waals surface area contributed by atoms with Crippen molar-refractivity contribution < 1.29 is 18.7 Å². The van der Waals surface area contributed by atoms with Gasteiger partial charge in [0.1, 0.15) is 11.4 Å². The number of Topliss-reactive ketones (excluding diaryl/α,β-unsaturated/α-hetero) is 1. The van der Waals surface area contributed by atoms with Crippen molar-refractivity contribution in [2.45, 2.75) is 27.2 Å². The Morgan fingerprint density at radius 2 is 1.95 bits per heavy atom. The number of esters is 1. The van der Waals surface area contributed by atoms with Gasteiger partial charge in [0.2, 0.25) is 0 Å². The summed E-state index contributed by atoms with van der Waals surface area (Å²) >= 11 is 0. The fraction of sp³-hybridized carbons (Fsp3) is 0.267. The number of aryl methyl sites for hydroxylation is 1. The Morgan fingerprint density at radius 1 is 1.25 bits per heavy atom. The molecule has 0 spiro atoms. The second kappa shape index (κ2) is 5.28. The molecule has 2 rings (SSSR count). The summed E-state index contributed by atoms with van der Waals surface area (Å²) in [6, 6.07) is 5.20. The summed E-state index contributed by atoms with van der Waals surface area (Å²) < 4.78 is 10.3. The van der Waals surface area contributed by atoms with Gasteiger partial charge >= 0.3 is 11.6 Å². The monoisotopic (exact) mass is 274 g/mol. The minimum absolute atomic E-state index is 0.0732. The molecule has 0 saturated carbocycles. The highest BCUT2D eigenvalue weighted by Crippen LogP contribution is 2.29. The number of carbonyl (C=O) groups is 2. The van der Waals surface area contributed by atoms with E-state index in [1.54, 1.807) is 12.1 Å². The van der Waals surface area contributed by atoms with E-state index < -0.39 is 11.6 Å². The van der Waals surface area contributed by atoms with Gasteiger partial charge in [-0.25, -0.2) is 4.79 Å². The molecule has 0 bridgehead atoms. The highest BCUT2D eigenvalue weighted by molar-refractivity contribution is 5.89. The molecule has 0 unspecified atom stereocenters. The molecule has 2 aromatic rings. The highest BCUT2D eigenvalue weighted by Gasteiger charge is 2.19. The number of ether oxygens (including phenoxy) is 1. The minimum atomic E-state index is -0.658. The summed E-state index contributed by atoms with van der Waals surface area (Å²) in [5, 5.41) is 0.502. The van der Waals surface area contributed by atoms with Crippen LogP contribution in [0.25, 0.3) is 11.0 Å². The average Bonchev–Trinajstić information content (AvgIpc) is 2.32. The average molecular weight is 274 g/mol. The molecule has 1 aromatic carbocycles. The third kappa shape index (κ3) is 2.77. The van der Waals surface area contributed by atoms with E-state index >= 15 is 0 Å². The number of ketones is 1. The van der Waals surface area contributed by atoms with Crippen LogP contribution in [-0.2, 0) is 16.0 Å². The van der Waals surface area contributed by atoms with Gasteiger partial charge in [-0.1, -0.05) is 6.07 Å². The predicted molar refractivity (Wildman–Crippen MR) is 72.9 cm³/mol. The quantitative estimate of drug-likeness (QED) is 0.633. The van der Waals surface area contributed by atoms with Crippen LogP contribution in [0.4, 0.5) is 0 Å². The Balaban J connectivity index is 2.79. The molecule has 104 valence electrons. The fourth-order valence-electron chi connectivity index (χ4n) is 1.98. The molecule has 5 heteroatoms. The molecular weight excluding hydrogens is 260 g/mol. The molecular formula is C15H14O5. The van der Waals surface area contributed by atoms with Gasteiger partial charge in [0.15, 0.2) is 5.75 Å². The van der Waals surface area contributed by atoms with Crippen molar-refractivity contribution >= 4 is 22.7 Å². The lowest BCUT2D eigenvalue weighted by molar-refractivity contribution is -0.132. The van der Waals surface area contributed by atoms with Crippen molar-refractivity contribution in [3.05, 3.63) is 39.7 Å². The van der Waals surface area contributed by atoms with E-state index in [1.807, 2.05) is 13.0 Å². The maximum absolute atomic E-state index is 12.0. The molecule has 0 fully saturated rings. The van der Waals surface area contributed by atoms with E-state index in [2.05, 4.69) is 0 Å². The lowest BCUT2D eigenvalue weighted by Gasteiger charge is -2.10. The first-order chi connectivity index (χ1) is 9.38. The molecule has 0 aliphatic carbocycles. The topological polar surface area (TPSA) is 73.6 Å². The Bertz CT molecular complexity index is 755. The number of rotatable bonds is 3. The summed E-state index contributed by atoms with van der Waals surface area (Å²) in [7, 11) is 0. The predicted octanol–water partition coefficient (Wildman–Crippen LogP) is 2.16. The summed E-state index contributed by atoms with van der Waals surface area (Å²) in [6.07, 6.45) is -0.130. The van der Waals surface area contributed by atoms with Gasteiger partial charge in [0, 0.05) is 13.3 Å². The standard InChI is InChI=1S/C15H14O5/c1-8-4-5-11-13(6-8)20-15(18)12(7-9(2)16)14(11)19-10(3)17/h4-6H,7H2,1-3H3. The van der Waals surface area contributed by atoms with Crippen LogP contribution in [0.3, 0.4) is 0 Å². The van der Waals surface area contributed by atoms with Gasteiger partial charge in [0.25, 0.3) is 0 Å². The van der Waals surface area contributed by atoms with Crippen LogP contribution in [-0.4, -0.2) is 11.8 Å². The minimum Gasteiger partial charge on any atom is -0.425 e. The smallest absolute Gasteiger partial charge is 0.343 e. The number of hydrogen-bond acceptors (Lipinski definition) is 5. The van der Waals surface area contributed by atoms with Crippen molar-refractivity contribution in [2.24, 2.45) is 0 Å². The first-order valence-electron chi connectivity index (χ1n) is 6.12. The number of benzene rings is 1. The molecule has 0 aliphatic heterocycles. The van der Waals surface area contributed by atoms with Crippen LogP contribution in [0.15, 0.2) is 27.4 Å². The zero-order valence-corrected chi connectivity index (χ0v) is 11.5. The number of fused-ring (bicyclic) bond motifs is 1. The molecule has 0 amide bonds. The van der Waals surface area contributed by atoms with E-state index in [9.17, 15) is 14.4 Å². The Hall–Kier alpha value is -2.43. The van der Waals surface area contributed by atoms with E-state index in [-0.39, 0.29) is 23.5 Å². The summed E-state index contributed by atoms with van der Waals surface area (Å²) in [5.74, 6) is -0.654. The largest absolute Gasteiger partial charge is 0.425 e. The lowest BCUT2D eigenvalue weighted by atomic mass is 10.1. The van der Waals surface area contributed by atoms with Gasteiger partial charge in [-0.3, -0.25) is 9.59 Å². The maximum Gasteiger partial charge on any atom is 0.343 e. The van der Waals surface area contributed by atoms with Crippen molar-refractivity contribution in [1.29, 1.82) is 0 Å². The van der Waals surface area contributed by atoms with Gasteiger partial charge in [-0.2, -0.15) is 0 Å². The lowest BCUT2D eigenvalue weighted by Crippen LogP contribution is -2.16. The van der Waals surface area contributed by atoms with Crippen LogP contribution in [0.1, 0.15) is 25.0 Å².